The molecule has 2 bridgehead atoms. The molecule has 4 fully saturated rings. The molecular weight excluding hydrogens is 208 g/mol. The smallest absolute Gasteiger partial charge is 0.0957 e. The van der Waals surface area contributed by atoms with Crippen LogP contribution in [0, 0.1) is 11.8 Å². The van der Waals surface area contributed by atoms with Crippen molar-refractivity contribution in [3.05, 3.63) is 0 Å². The first-order valence-corrected chi connectivity index (χ1v) is 8.11. The van der Waals surface area contributed by atoms with E-state index < -0.39 is 0 Å². The van der Waals surface area contributed by atoms with Gasteiger partial charge in [-0.2, -0.15) is 0 Å². The second-order valence-corrected chi connectivity index (χ2v) is 7.19. The monoisotopic (exact) mass is 236 g/mol. The maximum absolute atomic E-state index is 2.02. The van der Waals surface area contributed by atoms with Gasteiger partial charge in [0.1, 0.15) is 0 Å². The van der Waals surface area contributed by atoms with Crippen molar-refractivity contribution in [1.29, 1.82) is 0 Å². The Morgan fingerprint density at radius 1 is 0.647 bits per heavy atom. The topological polar surface area (TPSA) is 8.88 Å². The van der Waals surface area contributed by atoms with Crippen LogP contribution in [0.1, 0.15) is 44.9 Å². The third kappa shape index (κ3) is 1.76. The van der Waals surface area contributed by atoms with Crippen molar-refractivity contribution in [3.63, 3.8) is 0 Å². The minimum absolute atomic E-state index is 1.07. The second kappa shape index (κ2) is 4.24. The van der Waals surface area contributed by atoms with E-state index in [0.717, 1.165) is 23.9 Å². The molecule has 0 aromatic carbocycles. The van der Waals surface area contributed by atoms with Crippen molar-refractivity contribution in [3.8, 4) is 0 Å². The van der Waals surface area contributed by atoms with Crippen molar-refractivity contribution < 1.29 is 9.80 Å². The van der Waals surface area contributed by atoms with Gasteiger partial charge in [0.15, 0.2) is 0 Å². The Bertz CT molecular complexity index is 263. The summed E-state index contributed by atoms with van der Waals surface area (Å²) in [6.45, 7) is 6.07. The molecule has 2 heteroatoms. The zero-order valence-electron chi connectivity index (χ0n) is 11.1. The fourth-order valence-electron chi connectivity index (χ4n) is 5.70. The molecule has 4 aliphatic heterocycles. The largest absolute Gasteiger partial charge is 0.332 e. The van der Waals surface area contributed by atoms with Crippen LogP contribution in [0.25, 0.3) is 0 Å². The zero-order valence-corrected chi connectivity index (χ0v) is 11.1. The molecule has 0 spiro atoms. The summed E-state index contributed by atoms with van der Waals surface area (Å²) in [6.07, 6.45) is 10.7. The minimum Gasteiger partial charge on any atom is -0.332 e. The lowest BCUT2D eigenvalue weighted by Crippen LogP contribution is -3.26. The third-order valence-corrected chi connectivity index (χ3v) is 6.37. The van der Waals surface area contributed by atoms with Gasteiger partial charge in [-0.05, 0) is 32.1 Å². The third-order valence-electron chi connectivity index (χ3n) is 6.37. The highest BCUT2D eigenvalue weighted by molar-refractivity contribution is 4.86. The maximum Gasteiger partial charge on any atom is 0.0957 e. The molecule has 4 rings (SSSR count). The van der Waals surface area contributed by atoms with Gasteiger partial charge in [-0.15, -0.1) is 0 Å². The summed E-state index contributed by atoms with van der Waals surface area (Å²) in [5.74, 6) is 2.18. The predicted molar refractivity (Wildman–Crippen MR) is 68.3 cm³/mol. The molecule has 0 aromatic rings. The van der Waals surface area contributed by atoms with Crippen molar-refractivity contribution in [2.45, 2.75) is 57.0 Å². The lowest BCUT2D eigenvalue weighted by Gasteiger charge is -2.52. The molecule has 0 aliphatic carbocycles. The highest BCUT2D eigenvalue weighted by Gasteiger charge is 2.51. The van der Waals surface area contributed by atoms with Gasteiger partial charge in [0.2, 0.25) is 0 Å². The summed E-state index contributed by atoms with van der Waals surface area (Å²) in [5.41, 5.74) is 0. The van der Waals surface area contributed by atoms with E-state index in [2.05, 4.69) is 0 Å². The Hall–Kier alpha value is -0.0800. The summed E-state index contributed by atoms with van der Waals surface area (Å²) < 4.78 is 0. The molecule has 4 saturated heterocycles. The summed E-state index contributed by atoms with van der Waals surface area (Å²) in [6, 6.07) is 2.13. The number of fused-ring (bicyclic) bond motifs is 6. The van der Waals surface area contributed by atoms with Crippen LogP contribution in [-0.2, 0) is 0 Å². The first kappa shape index (κ1) is 10.8. The van der Waals surface area contributed by atoms with Crippen LogP contribution in [0.5, 0.6) is 0 Å². The minimum atomic E-state index is 1.07. The first-order valence-electron chi connectivity index (χ1n) is 8.11. The van der Waals surface area contributed by atoms with Crippen LogP contribution in [0.3, 0.4) is 0 Å². The van der Waals surface area contributed by atoms with Gasteiger partial charge in [0.05, 0.1) is 50.1 Å². The highest BCUT2D eigenvalue weighted by Crippen LogP contribution is 2.29. The number of rotatable bonds is 0. The van der Waals surface area contributed by atoms with Crippen LogP contribution in [0.4, 0.5) is 0 Å². The van der Waals surface area contributed by atoms with Gasteiger partial charge in [-0.3, -0.25) is 0 Å². The average molecular weight is 236 g/mol. The van der Waals surface area contributed by atoms with Gasteiger partial charge in [0.25, 0.3) is 0 Å². The quantitative estimate of drug-likeness (QED) is 0.562. The fraction of sp³-hybridized carbons (Fsp3) is 1.00. The Kier molecular flexibility index (Phi) is 2.69. The lowest BCUT2D eigenvalue weighted by atomic mass is 9.71. The average Bonchev–Trinajstić information content (AvgIpc) is 2.39. The van der Waals surface area contributed by atoms with Crippen molar-refractivity contribution in [1.82, 2.24) is 0 Å². The summed E-state index contributed by atoms with van der Waals surface area (Å²) >= 11 is 0. The number of quaternary nitrogens is 2. The maximum atomic E-state index is 2.02. The summed E-state index contributed by atoms with van der Waals surface area (Å²) in [5, 5.41) is 0. The van der Waals surface area contributed by atoms with E-state index in [1.807, 2.05) is 9.80 Å². The van der Waals surface area contributed by atoms with E-state index in [-0.39, 0.29) is 0 Å². The lowest BCUT2D eigenvalue weighted by molar-refractivity contribution is -0.993. The van der Waals surface area contributed by atoms with Crippen LogP contribution < -0.4 is 9.80 Å². The SMILES string of the molecule is C1CC[NH+]2C[C@H]3C[C@H](C[NH+]4CCCC[C@@H]34)[C@H]2C1. The molecule has 96 valence electrons. The second-order valence-electron chi connectivity index (χ2n) is 7.19. The van der Waals surface area contributed by atoms with Crippen LogP contribution in [-0.4, -0.2) is 38.3 Å². The standard InChI is InChI=1S/C15H26N2/c1-3-7-16-11-13-9-12(14(16)5-1)10-17-8-4-2-6-15(13)17/h12-15H,1-11H2/p+2/t12-,13-,14-,15+/m1/s1. The van der Waals surface area contributed by atoms with Crippen LogP contribution >= 0.6 is 0 Å². The van der Waals surface area contributed by atoms with Crippen LogP contribution in [0.2, 0.25) is 0 Å². The Morgan fingerprint density at radius 3 is 1.71 bits per heavy atom. The molecule has 0 radical (unpaired) electrons. The molecule has 0 amide bonds. The van der Waals surface area contributed by atoms with E-state index in [4.69, 9.17) is 0 Å². The number of nitrogens with one attached hydrogen (secondary N) is 2. The molecule has 6 atom stereocenters. The van der Waals surface area contributed by atoms with Gasteiger partial charge in [-0.1, -0.05) is 0 Å². The molecule has 2 unspecified atom stereocenters. The highest BCUT2D eigenvalue weighted by atomic mass is 15.3. The van der Waals surface area contributed by atoms with Gasteiger partial charge < -0.3 is 9.80 Å². The molecule has 0 aromatic heterocycles. The molecule has 2 N–H and O–H groups in total. The predicted octanol–water partition coefficient (Wildman–Crippen LogP) is -0.489. The normalized spacial score (nSPS) is 53.6. The van der Waals surface area contributed by atoms with Crippen molar-refractivity contribution in [2.75, 3.05) is 26.2 Å². The number of piperidine rings is 4. The number of hydrogen-bond donors (Lipinski definition) is 2. The fourth-order valence-corrected chi connectivity index (χ4v) is 5.70. The van der Waals surface area contributed by atoms with E-state index in [1.165, 1.54) is 51.9 Å². The van der Waals surface area contributed by atoms with E-state index in [1.54, 1.807) is 19.3 Å². The van der Waals surface area contributed by atoms with Gasteiger partial charge in [0, 0.05) is 12.8 Å². The molecule has 2 nitrogen and oxygen atoms in total. The Balaban J connectivity index is 1.56. The van der Waals surface area contributed by atoms with E-state index >= 15 is 0 Å². The summed E-state index contributed by atoms with van der Waals surface area (Å²) in [4.78, 5) is 4.03. The molecule has 17 heavy (non-hydrogen) atoms. The van der Waals surface area contributed by atoms with Crippen LogP contribution in [0.15, 0.2) is 0 Å². The zero-order chi connectivity index (χ0) is 11.2. The van der Waals surface area contributed by atoms with Crippen molar-refractivity contribution >= 4 is 0 Å². The Labute approximate surface area is 105 Å². The molecular formula is C15H28N2+2. The summed E-state index contributed by atoms with van der Waals surface area (Å²) in [7, 11) is 0. The van der Waals surface area contributed by atoms with E-state index in [9.17, 15) is 0 Å². The van der Waals surface area contributed by atoms with Crippen molar-refractivity contribution in [2.24, 2.45) is 11.8 Å². The first-order chi connectivity index (χ1) is 8.42. The van der Waals surface area contributed by atoms with E-state index in [0.29, 0.717) is 0 Å². The number of hydrogen-bond acceptors (Lipinski definition) is 0. The Morgan fingerprint density at radius 2 is 1.18 bits per heavy atom. The molecule has 4 heterocycles. The molecule has 0 saturated carbocycles. The van der Waals surface area contributed by atoms with Gasteiger partial charge in [-0.25, -0.2) is 0 Å². The van der Waals surface area contributed by atoms with Gasteiger partial charge >= 0.3 is 0 Å². The molecule has 4 aliphatic rings.